The van der Waals surface area contributed by atoms with E-state index in [-0.39, 0.29) is 11.1 Å². The fraction of sp³-hybridized carbons (Fsp3) is 0.556. The third-order valence-electron chi connectivity index (χ3n) is 7.74. The zero-order valence-electron chi connectivity index (χ0n) is 18.5. The van der Waals surface area contributed by atoms with E-state index in [9.17, 15) is 22.0 Å². The van der Waals surface area contributed by atoms with E-state index in [1.165, 1.54) is 51.0 Å². The molecule has 4 unspecified atom stereocenters. The number of benzene rings is 2. The molecular weight excluding hydrogens is 419 g/mol. The van der Waals surface area contributed by atoms with Crippen LogP contribution in [0.2, 0.25) is 0 Å². The number of halogens is 5. The average Bonchev–Trinajstić information content (AvgIpc) is 2.76. The molecule has 0 nitrogen and oxygen atoms in total. The molecule has 2 aromatic carbocycles. The van der Waals surface area contributed by atoms with Crippen molar-refractivity contribution in [3.05, 3.63) is 59.2 Å². The van der Waals surface area contributed by atoms with Gasteiger partial charge in [-0.05, 0) is 85.1 Å². The summed E-state index contributed by atoms with van der Waals surface area (Å²) in [4.78, 5) is 0. The Bertz CT molecular complexity index is 932. The standard InChI is InChI=1S/C27H31F5/c1-2-3-4-17-5-6-19-14-20(8-7-18(19)13-17)21-9-11-23(25(28)15-21)22-10-12-24(26(29)16-22)27(30,31)32/h9-12,15-20H,2-8,13-14H2,1H3. The van der Waals surface area contributed by atoms with Gasteiger partial charge in [0.15, 0.2) is 0 Å². The lowest BCUT2D eigenvalue weighted by molar-refractivity contribution is -0.139. The molecule has 0 N–H and O–H groups in total. The smallest absolute Gasteiger partial charge is 0.206 e. The Kier molecular flexibility index (Phi) is 6.92. The fourth-order valence-electron chi connectivity index (χ4n) is 5.98. The van der Waals surface area contributed by atoms with E-state index in [0.717, 1.165) is 42.4 Å². The molecule has 2 saturated carbocycles. The average molecular weight is 451 g/mol. The second kappa shape index (κ2) is 9.52. The molecule has 2 aliphatic carbocycles. The summed E-state index contributed by atoms with van der Waals surface area (Å²) < 4.78 is 67.3. The SMILES string of the molecule is CCCCC1CCC2CC(c3ccc(-c4ccc(C(F)(F)F)c(F)c4)c(F)c3)CCC2C1. The first-order valence-corrected chi connectivity index (χ1v) is 11.9. The van der Waals surface area contributed by atoms with Crippen molar-refractivity contribution in [1.29, 1.82) is 0 Å². The van der Waals surface area contributed by atoms with Gasteiger partial charge in [0.05, 0.1) is 5.56 Å². The highest BCUT2D eigenvalue weighted by molar-refractivity contribution is 5.65. The van der Waals surface area contributed by atoms with Crippen LogP contribution in [0.5, 0.6) is 0 Å². The molecule has 0 aliphatic heterocycles. The normalized spacial score (nSPS) is 26.1. The van der Waals surface area contributed by atoms with Gasteiger partial charge in [-0.3, -0.25) is 0 Å². The van der Waals surface area contributed by atoms with Crippen molar-refractivity contribution in [3.63, 3.8) is 0 Å². The Morgan fingerprint density at radius 3 is 2.28 bits per heavy atom. The summed E-state index contributed by atoms with van der Waals surface area (Å²) in [6.07, 6.45) is 6.39. The van der Waals surface area contributed by atoms with Crippen LogP contribution in [0.4, 0.5) is 22.0 Å². The van der Waals surface area contributed by atoms with Crippen LogP contribution in [0.25, 0.3) is 11.1 Å². The van der Waals surface area contributed by atoms with E-state index in [4.69, 9.17) is 0 Å². The highest BCUT2D eigenvalue weighted by atomic mass is 19.4. The van der Waals surface area contributed by atoms with Crippen molar-refractivity contribution in [2.45, 2.75) is 76.8 Å². The van der Waals surface area contributed by atoms with Crippen LogP contribution in [0.1, 0.15) is 81.8 Å². The summed E-state index contributed by atoms with van der Waals surface area (Å²) in [6.45, 7) is 2.25. The molecule has 0 saturated heterocycles. The van der Waals surface area contributed by atoms with E-state index in [0.29, 0.717) is 17.9 Å². The summed E-state index contributed by atoms with van der Waals surface area (Å²) in [5, 5.41) is 0. The summed E-state index contributed by atoms with van der Waals surface area (Å²) in [5.74, 6) is 0.794. The highest BCUT2D eigenvalue weighted by Gasteiger charge is 2.36. The molecule has 5 heteroatoms. The third kappa shape index (κ3) is 5.02. The number of unbranched alkanes of at least 4 members (excludes halogenated alkanes) is 1. The van der Waals surface area contributed by atoms with E-state index >= 15 is 0 Å². The van der Waals surface area contributed by atoms with Gasteiger partial charge in [0.25, 0.3) is 0 Å². The van der Waals surface area contributed by atoms with Crippen LogP contribution in [0.15, 0.2) is 36.4 Å². The lowest BCUT2D eigenvalue weighted by atomic mass is 9.63. The predicted octanol–water partition coefficient (Wildman–Crippen LogP) is 9.14. The minimum absolute atomic E-state index is 0.119. The molecule has 0 aromatic heterocycles. The van der Waals surface area contributed by atoms with Crippen LogP contribution in [-0.2, 0) is 6.18 Å². The van der Waals surface area contributed by atoms with E-state index in [1.807, 2.05) is 6.07 Å². The van der Waals surface area contributed by atoms with Crippen LogP contribution < -0.4 is 0 Å². The number of fused-ring (bicyclic) bond motifs is 1. The number of hydrogen-bond acceptors (Lipinski definition) is 0. The number of hydrogen-bond donors (Lipinski definition) is 0. The van der Waals surface area contributed by atoms with Gasteiger partial charge in [0, 0.05) is 5.56 Å². The first kappa shape index (κ1) is 23.3. The van der Waals surface area contributed by atoms with Crippen LogP contribution in [0.3, 0.4) is 0 Å². The quantitative estimate of drug-likeness (QED) is 0.398. The lowest BCUT2D eigenvalue weighted by Crippen LogP contribution is -2.30. The molecule has 174 valence electrons. The number of rotatable bonds is 5. The van der Waals surface area contributed by atoms with Gasteiger partial charge in [0.1, 0.15) is 11.6 Å². The first-order valence-electron chi connectivity index (χ1n) is 11.9. The third-order valence-corrected chi connectivity index (χ3v) is 7.74. The minimum atomic E-state index is -4.76. The maximum atomic E-state index is 14.9. The minimum Gasteiger partial charge on any atom is -0.206 e. The van der Waals surface area contributed by atoms with Gasteiger partial charge in [0.2, 0.25) is 0 Å². The Labute approximate surface area is 187 Å². The van der Waals surface area contributed by atoms with Crippen LogP contribution >= 0.6 is 0 Å². The Hall–Kier alpha value is -1.91. The molecule has 2 aromatic rings. The maximum absolute atomic E-state index is 14.9. The van der Waals surface area contributed by atoms with Gasteiger partial charge in [-0.2, -0.15) is 13.2 Å². The van der Waals surface area contributed by atoms with Crippen molar-refractivity contribution >= 4 is 0 Å². The fourth-order valence-corrected chi connectivity index (χ4v) is 5.98. The van der Waals surface area contributed by atoms with Crippen molar-refractivity contribution in [2.75, 3.05) is 0 Å². The summed E-state index contributed by atoms with van der Waals surface area (Å²) in [6, 6.07) is 7.53. The molecular formula is C27H31F5. The Morgan fingerprint density at radius 2 is 1.59 bits per heavy atom. The second-order valence-electron chi connectivity index (χ2n) is 9.78. The van der Waals surface area contributed by atoms with Gasteiger partial charge >= 0.3 is 6.18 Å². The predicted molar refractivity (Wildman–Crippen MR) is 117 cm³/mol. The summed E-state index contributed by atoms with van der Waals surface area (Å²) in [5.41, 5.74) is -0.134. The zero-order chi connectivity index (χ0) is 22.9. The number of alkyl halides is 3. The monoisotopic (exact) mass is 450 g/mol. The topological polar surface area (TPSA) is 0 Å². The second-order valence-corrected chi connectivity index (χ2v) is 9.78. The molecule has 2 fully saturated rings. The van der Waals surface area contributed by atoms with Gasteiger partial charge in [-0.1, -0.05) is 50.8 Å². The zero-order valence-corrected chi connectivity index (χ0v) is 18.5. The molecule has 4 atom stereocenters. The first-order chi connectivity index (χ1) is 15.3. The largest absolute Gasteiger partial charge is 0.419 e. The van der Waals surface area contributed by atoms with E-state index in [1.54, 1.807) is 6.07 Å². The highest BCUT2D eigenvalue weighted by Crippen LogP contribution is 2.48. The summed E-state index contributed by atoms with van der Waals surface area (Å²) >= 11 is 0. The van der Waals surface area contributed by atoms with Gasteiger partial charge in [-0.25, -0.2) is 8.78 Å². The van der Waals surface area contributed by atoms with E-state index in [2.05, 4.69) is 6.92 Å². The van der Waals surface area contributed by atoms with Crippen LogP contribution in [0, 0.1) is 29.4 Å². The molecule has 2 aliphatic rings. The lowest BCUT2D eigenvalue weighted by Gasteiger charge is -2.42. The van der Waals surface area contributed by atoms with Crippen LogP contribution in [-0.4, -0.2) is 0 Å². The van der Waals surface area contributed by atoms with Crippen molar-refractivity contribution < 1.29 is 22.0 Å². The van der Waals surface area contributed by atoms with Gasteiger partial charge in [-0.15, -0.1) is 0 Å². The van der Waals surface area contributed by atoms with Crippen molar-refractivity contribution in [2.24, 2.45) is 17.8 Å². The van der Waals surface area contributed by atoms with Crippen molar-refractivity contribution in [1.82, 2.24) is 0 Å². The molecule has 4 rings (SSSR count). The molecule has 0 amide bonds. The molecule has 0 radical (unpaired) electrons. The molecule has 32 heavy (non-hydrogen) atoms. The van der Waals surface area contributed by atoms with Crippen molar-refractivity contribution in [3.8, 4) is 11.1 Å². The molecule has 0 heterocycles. The molecule has 0 spiro atoms. The Morgan fingerprint density at radius 1 is 0.844 bits per heavy atom. The molecule has 0 bridgehead atoms. The van der Waals surface area contributed by atoms with E-state index < -0.39 is 23.4 Å². The Balaban J connectivity index is 1.45. The summed E-state index contributed by atoms with van der Waals surface area (Å²) in [7, 11) is 0. The van der Waals surface area contributed by atoms with Gasteiger partial charge < -0.3 is 0 Å². The maximum Gasteiger partial charge on any atom is 0.419 e.